The van der Waals surface area contributed by atoms with Gasteiger partial charge < -0.3 is 10.6 Å². The highest BCUT2D eigenvalue weighted by Crippen LogP contribution is 2.23. The molecule has 0 saturated carbocycles. The molecule has 1 saturated heterocycles. The molecule has 0 spiro atoms. The molecule has 2 heterocycles. The van der Waals surface area contributed by atoms with Crippen molar-refractivity contribution in [1.29, 1.82) is 0 Å². The Kier molecular flexibility index (Phi) is 4.96. The van der Waals surface area contributed by atoms with Crippen molar-refractivity contribution in [3.8, 4) is 0 Å². The standard InChI is InChI=1S/C17H18ClN3O3S/c1-11-8-12(18)2-3-15(11)20-13-4-6-19-16(9-13)17(22)21-14-5-7-25(23,24)10-14/h2-4,6,8-9,14H,5,7,10H2,1H3,(H,19,20)(H,21,22). The molecule has 1 unspecified atom stereocenters. The van der Waals surface area contributed by atoms with Gasteiger partial charge in [0.25, 0.3) is 5.91 Å². The summed E-state index contributed by atoms with van der Waals surface area (Å²) < 4.78 is 23.0. The van der Waals surface area contributed by atoms with Crippen molar-refractivity contribution in [2.24, 2.45) is 0 Å². The SMILES string of the molecule is Cc1cc(Cl)ccc1Nc1ccnc(C(=O)NC2CCS(=O)(=O)C2)c1. The third-order valence-corrected chi connectivity index (χ3v) is 6.03. The molecular weight excluding hydrogens is 362 g/mol. The second kappa shape index (κ2) is 7.01. The number of hydrogen-bond donors (Lipinski definition) is 2. The van der Waals surface area contributed by atoms with Gasteiger partial charge in [-0.25, -0.2) is 8.42 Å². The molecule has 2 aromatic rings. The first-order valence-corrected chi connectivity index (χ1v) is 10.0. The Hall–Kier alpha value is -2.12. The molecule has 1 aliphatic rings. The van der Waals surface area contributed by atoms with Gasteiger partial charge in [-0.1, -0.05) is 11.6 Å². The van der Waals surface area contributed by atoms with E-state index in [1.54, 1.807) is 18.2 Å². The average molecular weight is 380 g/mol. The van der Waals surface area contributed by atoms with Gasteiger partial charge in [0.1, 0.15) is 5.69 Å². The van der Waals surface area contributed by atoms with Gasteiger partial charge in [0, 0.05) is 28.6 Å². The van der Waals surface area contributed by atoms with Crippen molar-refractivity contribution in [3.63, 3.8) is 0 Å². The van der Waals surface area contributed by atoms with Crippen molar-refractivity contribution in [1.82, 2.24) is 10.3 Å². The van der Waals surface area contributed by atoms with Crippen molar-refractivity contribution in [3.05, 3.63) is 52.8 Å². The van der Waals surface area contributed by atoms with Gasteiger partial charge >= 0.3 is 0 Å². The number of aryl methyl sites for hydroxylation is 1. The van der Waals surface area contributed by atoms with Crippen LogP contribution in [0, 0.1) is 6.92 Å². The van der Waals surface area contributed by atoms with Crippen LogP contribution in [0.4, 0.5) is 11.4 Å². The minimum Gasteiger partial charge on any atom is -0.355 e. The van der Waals surface area contributed by atoms with Gasteiger partial charge in [0.15, 0.2) is 9.84 Å². The summed E-state index contributed by atoms with van der Waals surface area (Å²) in [6.45, 7) is 1.93. The van der Waals surface area contributed by atoms with Gasteiger partial charge in [0.2, 0.25) is 0 Å². The molecule has 8 heteroatoms. The number of benzene rings is 1. The van der Waals surface area contributed by atoms with E-state index < -0.39 is 9.84 Å². The number of sulfone groups is 1. The summed E-state index contributed by atoms with van der Waals surface area (Å²) in [6.07, 6.45) is 1.98. The molecular formula is C17H18ClN3O3S. The number of hydrogen-bond acceptors (Lipinski definition) is 5. The van der Waals surface area contributed by atoms with Crippen LogP contribution in [-0.2, 0) is 9.84 Å². The molecule has 3 rings (SSSR count). The van der Waals surface area contributed by atoms with E-state index in [4.69, 9.17) is 11.6 Å². The molecule has 0 radical (unpaired) electrons. The molecule has 1 amide bonds. The molecule has 1 fully saturated rings. The highest BCUT2D eigenvalue weighted by Gasteiger charge is 2.29. The van der Waals surface area contributed by atoms with E-state index in [1.165, 1.54) is 6.20 Å². The van der Waals surface area contributed by atoms with Crippen molar-refractivity contribution >= 4 is 38.7 Å². The smallest absolute Gasteiger partial charge is 0.270 e. The number of carbonyl (C=O) groups is 1. The predicted octanol–water partition coefficient (Wildman–Crippen LogP) is 2.70. The molecule has 1 aromatic heterocycles. The Balaban J connectivity index is 1.71. The largest absolute Gasteiger partial charge is 0.355 e. The number of anilines is 2. The fraction of sp³-hybridized carbons (Fsp3) is 0.294. The van der Waals surface area contributed by atoms with Crippen LogP contribution in [0.25, 0.3) is 0 Å². The van der Waals surface area contributed by atoms with E-state index in [1.807, 2.05) is 19.1 Å². The topological polar surface area (TPSA) is 88.2 Å². The molecule has 0 bridgehead atoms. The third-order valence-electron chi connectivity index (χ3n) is 4.03. The molecule has 6 nitrogen and oxygen atoms in total. The summed E-state index contributed by atoms with van der Waals surface area (Å²) in [4.78, 5) is 16.4. The van der Waals surface area contributed by atoms with Crippen LogP contribution in [-0.4, -0.2) is 36.9 Å². The maximum absolute atomic E-state index is 12.3. The van der Waals surface area contributed by atoms with Gasteiger partial charge in [-0.15, -0.1) is 0 Å². The highest BCUT2D eigenvalue weighted by molar-refractivity contribution is 7.91. The quantitative estimate of drug-likeness (QED) is 0.852. The zero-order valence-corrected chi connectivity index (χ0v) is 15.2. The Morgan fingerprint density at radius 2 is 2.08 bits per heavy atom. The lowest BCUT2D eigenvalue weighted by molar-refractivity contribution is 0.0936. The second-order valence-electron chi connectivity index (χ2n) is 6.09. The molecule has 2 N–H and O–H groups in total. The molecule has 1 aliphatic heterocycles. The Morgan fingerprint density at radius 1 is 1.28 bits per heavy atom. The van der Waals surface area contributed by atoms with Crippen LogP contribution in [0.1, 0.15) is 22.5 Å². The maximum atomic E-state index is 12.3. The Bertz CT molecular complexity index is 915. The first-order valence-electron chi connectivity index (χ1n) is 7.83. The van der Waals surface area contributed by atoms with E-state index in [-0.39, 0.29) is 29.1 Å². The summed E-state index contributed by atoms with van der Waals surface area (Å²) in [7, 11) is -3.04. The number of carbonyl (C=O) groups excluding carboxylic acids is 1. The minimum atomic E-state index is -3.04. The van der Waals surface area contributed by atoms with E-state index in [2.05, 4.69) is 15.6 Å². The van der Waals surface area contributed by atoms with E-state index in [9.17, 15) is 13.2 Å². The van der Waals surface area contributed by atoms with Crippen LogP contribution >= 0.6 is 11.6 Å². The lowest BCUT2D eigenvalue weighted by Gasteiger charge is -2.12. The number of rotatable bonds is 4. The Labute approximate surface area is 151 Å². The molecule has 1 aromatic carbocycles. The van der Waals surface area contributed by atoms with Crippen molar-refractivity contribution in [2.45, 2.75) is 19.4 Å². The summed E-state index contributed by atoms with van der Waals surface area (Å²) in [5.74, 6) is -0.276. The molecule has 132 valence electrons. The normalized spacial score (nSPS) is 18.7. The van der Waals surface area contributed by atoms with Crippen LogP contribution in [0.5, 0.6) is 0 Å². The summed E-state index contributed by atoms with van der Waals surface area (Å²) in [5.41, 5.74) is 2.81. The second-order valence-corrected chi connectivity index (χ2v) is 8.75. The average Bonchev–Trinajstić information content (AvgIpc) is 2.89. The molecule has 1 atom stereocenters. The Morgan fingerprint density at radius 3 is 2.76 bits per heavy atom. The fourth-order valence-electron chi connectivity index (χ4n) is 2.72. The zero-order valence-electron chi connectivity index (χ0n) is 13.6. The van der Waals surface area contributed by atoms with Crippen LogP contribution in [0.2, 0.25) is 5.02 Å². The number of pyridine rings is 1. The van der Waals surface area contributed by atoms with Crippen LogP contribution < -0.4 is 10.6 Å². The van der Waals surface area contributed by atoms with Gasteiger partial charge in [-0.3, -0.25) is 9.78 Å². The van der Waals surface area contributed by atoms with Gasteiger partial charge in [-0.2, -0.15) is 0 Å². The molecule has 25 heavy (non-hydrogen) atoms. The van der Waals surface area contributed by atoms with Crippen molar-refractivity contribution < 1.29 is 13.2 Å². The van der Waals surface area contributed by atoms with Crippen LogP contribution in [0.3, 0.4) is 0 Å². The monoisotopic (exact) mass is 379 g/mol. The zero-order chi connectivity index (χ0) is 18.0. The number of nitrogens with zero attached hydrogens (tertiary/aromatic N) is 1. The lowest BCUT2D eigenvalue weighted by atomic mass is 10.2. The summed E-state index contributed by atoms with van der Waals surface area (Å²) in [5, 5.41) is 6.62. The minimum absolute atomic E-state index is 0.0132. The van der Waals surface area contributed by atoms with E-state index in [0.717, 1.165) is 11.3 Å². The van der Waals surface area contributed by atoms with Crippen molar-refractivity contribution in [2.75, 3.05) is 16.8 Å². The first kappa shape index (κ1) is 17.7. The first-order chi connectivity index (χ1) is 11.8. The number of halogens is 1. The predicted molar refractivity (Wildman–Crippen MR) is 98.2 cm³/mol. The van der Waals surface area contributed by atoms with Crippen LogP contribution in [0.15, 0.2) is 36.5 Å². The maximum Gasteiger partial charge on any atom is 0.270 e. The number of aromatic nitrogens is 1. The summed E-state index contributed by atoms with van der Waals surface area (Å²) in [6, 6.07) is 8.53. The lowest BCUT2D eigenvalue weighted by Crippen LogP contribution is -2.36. The fourth-order valence-corrected chi connectivity index (χ4v) is 4.62. The molecule has 0 aliphatic carbocycles. The number of amides is 1. The summed E-state index contributed by atoms with van der Waals surface area (Å²) >= 11 is 5.95. The third kappa shape index (κ3) is 4.49. The van der Waals surface area contributed by atoms with Gasteiger partial charge in [0.05, 0.1) is 11.5 Å². The number of nitrogens with one attached hydrogen (secondary N) is 2. The van der Waals surface area contributed by atoms with E-state index in [0.29, 0.717) is 17.1 Å². The highest BCUT2D eigenvalue weighted by atomic mass is 35.5. The van der Waals surface area contributed by atoms with Gasteiger partial charge in [-0.05, 0) is 49.2 Å². The van der Waals surface area contributed by atoms with E-state index >= 15 is 0 Å².